The number of benzene rings is 2. The number of anilines is 1. The fraction of sp³-hybridized carbons (Fsp3) is 0.483. The van der Waals surface area contributed by atoms with E-state index in [1.165, 1.54) is 51.8 Å². The van der Waals surface area contributed by atoms with E-state index in [9.17, 15) is 4.79 Å². The van der Waals surface area contributed by atoms with Crippen LogP contribution >= 0.6 is 0 Å². The summed E-state index contributed by atoms with van der Waals surface area (Å²) in [5, 5.41) is 0. The first-order chi connectivity index (χ1) is 15.5. The Kier molecular flexibility index (Phi) is 11.6. The third-order valence-corrected chi connectivity index (χ3v) is 22.3. The fourth-order valence-corrected chi connectivity index (χ4v) is 20.4. The Hall–Kier alpha value is -1.55. The van der Waals surface area contributed by atoms with E-state index in [0.29, 0.717) is 0 Å². The molecule has 2 aromatic carbocycles. The summed E-state index contributed by atoms with van der Waals surface area (Å²) in [5.41, 5.74) is 2.95. The van der Waals surface area contributed by atoms with Crippen molar-refractivity contribution < 1.29 is 4.79 Å². The van der Waals surface area contributed by atoms with Crippen molar-refractivity contribution in [3.63, 3.8) is 0 Å². The number of hydrogen-bond donors (Lipinski definition) is 0. The van der Waals surface area contributed by atoms with E-state index in [-0.39, 0.29) is 5.78 Å². The first kappa shape index (κ1) is 26.7. The maximum absolute atomic E-state index is 12.6. The minimum atomic E-state index is -2.37. The van der Waals surface area contributed by atoms with Gasteiger partial charge in [0.25, 0.3) is 0 Å². The quantitative estimate of drug-likeness (QED) is 0.139. The van der Waals surface area contributed by atoms with E-state index in [1.54, 1.807) is 9.66 Å². The van der Waals surface area contributed by atoms with Crippen molar-refractivity contribution >= 4 is 39.5 Å². The van der Waals surface area contributed by atoms with Crippen LogP contribution in [0.15, 0.2) is 54.6 Å². The van der Waals surface area contributed by atoms with Gasteiger partial charge >= 0.3 is 188 Å². The molecule has 0 atom stereocenters. The SMILES string of the molecule is CCC[CH2][Sn]([CH2]CCC)([CH2]CCC)[c]1ccc(C=CC(=O)c2ccc(N(C)C)cc2)cc1. The monoisotopic (exact) mass is 541 g/mol. The zero-order valence-corrected chi connectivity index (χ0v) is 23.8. The molecule has 0 spiro atoms. The Morgan fingerprint density at radius 1 is 0.781 bits per heavy atom. The first-order valence-corrected chi connectivity index (χ1v) is 20.0. The number of carbonyl (C=O) groups excluding carboxylic acids is 1. The summed E-state index contributed by atoms with van der Waals surface area (Å²) >= 11 is -2.37. The normalized spacial score (nSPS) is 11.8. The molecular weight excluding hydrogens is 497 g/mol. The van der Waals surface area contributed by atoms with Gasteiger partial charge in [0.2, 0.25) is 0 Å². The van der Waals surface area contributed by atoms with Gasteiger partial charge in [-0.2, -0.15) is 0 Å². The molecule has 0 amide bonds. The van der Waals surface area contributed by atoms with Crippen LogP contribution in [0.5, 0.6) is 0 Å². The second-order valence-corrected chi connectivity index (χ2v) is 22.6. The molecule has 0 aromatic heterocycles. The van der Waals surface area contributed by atoms with Gasteiger partial charge in [-0.25, -0.2) is 0 Å². The number of ketones is 1. The summed E-state index contributed by atoms with van der Waals surface area (Å²) in [7, 11) is 4.01. The minimum absolute atomic E-state index is 0.0572. The van der Waals surface area contributed by atoms with Crippen LogP contribution in [-0.2, 0) is 0 Å². The molecular formula is C29H43NOSn. The first-order valence-electron chi connectivity index (χ1n) is 12.6. The van der Waals surface area contributed by atoms with Crippen molar-refractivity contribution in [3.05, 3.63) is 65.7 Å². The Bertz CT molecular complexity index is 815. The van der Waals surface area contributed by atoms with Gasteiger partial charge in [-0.1, -0.05) is 0 Å². The van der Waals surface area contributed by atoms with E-state index in [1.807, 2.05) is 49.3 Å². The van der Waals surface area contributed by atoms with E-state index in [4.69, 9.17) is 0 Å². The molecule has 0 saturated carbocycles. The van der Waals surface area contributed by atoms with Gasteiger partial charge < -0.3 is 0 Å². The van der Waals surface area contributed by atoms with Gasteiger partial charge in [0, 0.05) is 14.1 Å². The van der Waals surface area contributed by atoms with E-state index < -0.39 is 18.4 Å². The van der Waals surface area contributed by atoms with Crippen LogP contribution in [0.2, 0.25) is 13.3 Å². The molecule has 174 valence electrons. The van der Waals surface area contributed by atoms with Crippen molar-refractivity contribution in [1.82, 2.24) is 0 Å². The van der Waals surface area contributed by atoms with Gasteiger partial charge in [0.05, 0.1) is 0 Å². The number of hydrogen-bond acceptors (Lipinski definition) is 2. The third-order valence-electron chi connectivity index (χ3n) is 6.65. The molecule has 0 saturated heterocycles. The van der Waals surface area contributed by atoms with Crippen LogP contribution in [0.25, 0.3) is 6.08 Å². The average Bonchev–Trinajstić information content (AvgIpc) is 2.82. The van der Waals surface area contributed by atoms with E-state index in [0.717, 1.165) is 16.8 Å². The van der Waals surface area contributed by atoms with E-state index in [2.05, 4.69) is 45.0 Å². The molecule has 2 rings (SSSR count). The van der Waals surface area contributed by atoms with Crippen LogP contribution in [0, 0.1) is 0 Å². The number of carbonyl (C=O) groups is 1. The summed E-state index contributed by atoms with van der Waals surface area (Å²) in [6, 6.07) is 17.1. The number of unbranched alkanes of at least 4 members (excludes halogenated alkanes) is 3. The third kappa shape index (κ3) is 7.79. The molecule has 3 heteroatoms. The van der Waals surface area contributed by atoms with Gasteiger partial charge in [0.15, 0.2) is 0 Å². The molecule has 2 nitrogen and oxygen atoms in total. The molecule has 0 radical (unpaired) electrons. The molecule has 0 bridgehead atoms. The summed E-state index contributed by atoms with van der Waals surface area (Å²) in [6.45, 7) is 6.99. The van der Waals surface area contributed by atoms with Gasteiger partial charge in [0.1, 0.15) is 0 Å². The topological polar surface area (TPSA) is 20.3 Å². The van der Waals surface area contributed by atoms with Crippen LogP contribution < -0.4 is 8.48 Å². The molecule has 0 aliphatic carbocycles. The van der Waals surface area contributed by atoms with Gasteiger partial charge in [-0.3, -0.25) is 0 Å². The second kappa shape index (κ2) is 13.9. The summed E-state index contributed by atoms with van der Waals surface area (Å²) in [6.07, 6.45) is 11.7. The fourth-order valence-electron chi connectivity index (χ4n) is 4.49. The average molecular weight is 540 g/mol. The standard InChI is InChI=1S/C17H16NO.3C4H9.Sn/c1-18(2)16-11-9-15(10-12-16)17(19)13-8-14-6-4-3-5-7-14;3*1-3-4-2;/h4-13H,1-2H3;3*1,3-4H2,2H3;. The van der Waals surface area contributed by atoms with Crippen LogP contribution in [0.3, 0.4) is 0 Å². The molecule has 0 unspecified atom stereocenters. The maximum atomic E-state index is 12.6. The van der Waals surface area contributed by atoms with Gasteiger partial charge in [-0.15, -0.1) is 0 Å². The Labute approximate surface area is 201 Å². The van der Waals surface area contributed by atoms with Crippen molar-refractivity contribution in [2.75, 3.05) is 19.0 Å². The van der Waals surface area contributed by atoms with Crippen LogP contribution in [0.4, 0.5) is 5.69 Å². The van der Waals surface area contributed by atoms with Crippen molar-refractivity contribution in [2.45, 2.75) is 72.6 Å². The Morgan fingerprint density at radius 2 is 1.28 bits per heavy atom. The molecule has 0 N–H and O–H groups in total. The Morgan fingerprint density at radius 3 is 1.72 bits per heavy atom. The van der Waals surface area contributed by atoms with Crippen molar-refractivity contribution in [2.24, 2.45) is 0 Å². The molecule has 0 aliphatic heterocycles. The van der Waals surface area contributed by atoms with Crippen molar-refractivity contribution in [3.8, 4) is 0 Å². The van der Waals surface area contributed by atoms with Crippen molar-refractivity contribution in [1.29, 1.82) is 0 Å². The second-order valence-electron chi connectivity index (χ2n) is 9.35. The number of allylic oxidation sites excluding steroid dienone is 1. The molecule has 32 heavy (non-hydrogen) atoms. The molecule has 0 fully saturated rings. The Balaban J connectivity index is 2.17. The zero-order chi connectivity index (χ0) is 23.4. The molecule has 2 aromatic rings. The predicted molar refractivity (Wildman–Crippen MR) is 145 cm³/mol. The number of nitrogens with zero attached hydrogens (tertiary/aromatic N) is 1. The predicted octanol–water partition coefficient (Wildman–Crippen LogP) is 7.70. The zero-order valence-electron chi connectivity index (χ0n) is 21.0. The molecule has 0 heterocycles. The van der Waals surface area contributed by atoms with Gasteiger partial charge in [-0.05, 0) is 0 Å². The van der Waals surface area contributed by atoms with E-state index >= 15 is 0 Å². The molecule has 0 aliphatic rings. The number of rotatable bonds is 14. The van der Waals surface area contributed by atoms with Crippen LogP contribution in [-0.4, -0.2) is 38.3 Å². The van der Waals surface area contributed by atoms with Crippen LogP contribution in [0.1, 0.15) is 75.2 Å². The summed E-state index contributed by atoms with van der Waals surface area (Å²) in [5.74, 6) is 0.0572. The summed E-state index contributed by atoms with van der Waals surface area (Å²) < 4.78 is 6.16. The summed E-state index contributed by atoms with van der Waals surface area (Å²) in [4.78, 5) is 14.6.